The summed E-state index contributed by atoms with van der Waals surface area (Å²) >= 11 is 5.54. The lowest BCUT2D eigenvalue weighted by Crippen LogP contribution is -2.27. The molecule has 0 fully saturated rings. The van der Waals surface area contributed by atoms with Gasteiger partial charge in [-0.25, -0.2) is 17.5 Å². The zero-order valence-corrected chi connectivity index (χ0v) is 14.4. The van der Waals surface area contributed by atoms with Gasteiger partial charge in [0, 0.05) is 12.7 Å². The van der Waals surface area contributed by atoms with Crippen LogP contribution in [0.2, 0.25) is 5.02 Å². The minimum atomic E-state index is -3.94. The summed E-state index contributed by atoms with van der Waals surface area (Å²) < 4.78 is 44.0. The Bertz CT molecular complexity index is 868. The van der Waals surface area contributed by atoms with Gasteiger partial charge in [0.1, 0.15) is 5.82 Å². The van der Waals surface area contributed by atoms with Crippen molar-refractivity contribution in [3.63, 3.8) is 0 Å². The molecular formula is C15H14ClFN2O5S. The summed E-state index contributed by atoms with van der Waals surface area (Å²) in [6.45, 7) is -0.688. The maximum Gasteiger partial charge on any atom is 0.307 e. The molecule has 0 amide bonds. The Morgan fingerprint density at radius 1 is 1.28 bits per heavy atom. The van der Waals surface area contributed by atoms with Crippen LogP contribution in [-0.2, 0) is 19.6 Å². The van der Waals surface area contributed by atoms with Crippen LogP contribution in [0.4, 0.5) is 4.39 Å². The first-order valence-corrected chi connectivity index (χ1v) is 8.92. The Balaban J connectivity index is 1.80. The van der Waals surface area contributed by atoms with Gasteiger partial charge in [-0.2, -0.15) is 0 Å². The second kappa shape index (κ2) is 8.24. The van der Waals surface area contributed by atoms with E-state index in [0.29, 0.717) is 5.69 Å². The van der Waals surface area contributed by atoms with Gasteiger partial charge in [-0.3, -0.25) is 9.59 Å². The molecular weight excluding hydrogens is 375 g/mol. The summed E-state index contributed by atoms with van der Waals surface area (Å²) in [6, 6.07) is 6.12. The number of hydrogen-bond acceptors (Lipinski definition) is 5. The number of sulfonamides is 1. The van der Waals surface area contributed by atoms with Crippen molar-refractivity contribution in [3.8, 4) is 0 Å². The summed E-state index contributed by atoms with van der Waals surface area (Å²) in [5.41, 5.74) is 0.307. The molecule has 1 aromatic carbocycles. The number of H-pyrrole nitrogens is 1. The molecule has 1 heterocycles. The summed E-state index contributed by atoms with van der Waals surface area (Å²) in [4.78, 5) is 25.6. The topological polar surface area (TPSA) is 105 Å². The molecule has 0 atom stereocenters. The van der Waals surface area contributed by atoms with Crippen LogP contribution in [0.5, 0.6) is 0 Å². The Labute approximate surface area is 148 Å². The van der Waals surface area contributed by atoms with E-state index < -0.39 is 34.2 Å². The number of carbonyl (C=O) groups is 2. The van der Waals surface area contributed by atoms with E-state index in [-0.39, 0.29) is 22.9 Å². The SMILES string of the molecule is O=C(CCNS(=O)(=O)c1ccc(F)c(Cl)c1)OCC(=O)c1ccc[nH]1. The number of rotatable bonds is 8. The molecule has 0 saturated heterocycles. The van der Waals surface area contributed by atoms with E-state index in [2.05, 4.69) is 9.71 Å². The van der Waals surface area contributed by atoms with Crippen LogP contribution in [0.25, 0.3) is 0 Å². The fourth-order valence-electron chi connectivity index (χ4n) is 1.81. The minimum absolute atomic E-state index is 0.228. The van der Waals surface area contributed by atoms with E-state index in [0.717, 1.165) is 18.2 Å². The summed E-state index contributed by atoms with van der Waals surface area (Å²) in [6.07, 6.45) is 1.29. The smallest absolute Gasteiger partial charge is 0.307 e. The lowest BCUT2D eigenvalue weighted by atomic mass is 10.3. The van der Waals surface area contributed by atoms with Gasteiger partial charge in [-0.1, -0.05) is 11.6 Å². The average molecular weight is 389 g/mol. The number of ether oxygens (including phenoxy) is 1. The number of halogens is 2. The number of Topliss-reactive ketones (excluding diaryl/α,β-unsaturated/α-hetero) is 1. The van der Waals surface area contributed by atoms with Gasteiger partial charge >= 0.3 is 5.97 Å². The number of aromatic nitrogens is 1. The van der Waals surface area contributed by atoms with E-state index in [1.165, 1.54) is 6.07 Å². The van der Waals surface area contributed by atoms with Gasteiger partial charge in [-0.05, 0) is 30.3 Å². The van der Waals surface area contributed by atoms with Crippen LogP contribution in [-0.4, -0.2) is 38.3 Å². The Morgan fingerprint density at radius 2 is 2.04 bits per heavy atom. The van der Waals surface area contributed by atoms with Crippen molar-refractivity contribution in [1.29, 1.82) is 0 Å². The van der Waals surface area contributed by atoms with E-state index in [1.807, 2.05) is 0 Å². The molecule has 0 aliphatic heterocycles. The maximum absolute atomic E-state index is 13.1. The monoisotopic (exact) mass is 388 g/mol. The number of benzene rings is 1. The average Bonchev–Trinajstić information content (AvgIpc) is 3.09. The first kappa shape index (κ1) is 19.1. The lowest BCUT2D eigenvalue weighted by Gasteiger charge is -2.07. The molecule has 2 N–H and O–H groups in total. The minimum Gasteiger partial charge on any atom is -0.457 e. The van der Waals surface area contributed by atoms with Crippen molar-refractivity contribution in [3.05, 3.63) is 53.1 Å². The molecule has 25 heavy (non-hydrogen) atoms. The highest BCUT2D eigenvalue weighted by molar-refractivity contribution is 7.89. The highest BCUT2D eigenvalue weighted by Crippen LogP contribution is 2.19. The van der Waals surface area contributed by atoms with Gasteiger partial charge in [0.15, 0.2) is 6.61 Å². The fraction of sp³-hybridized carbons (Fsp3) is 0.200. The van der Waals surface area contributed by atoms with Crippen molar-refractivity contribution < 1.29 is 27.1 Å². The largest absolute Gasteiger partial charge is 0.457 e. The molecule has 2 rings (SSSR count). The number of nitrogens with one attached hydrogen (secondary N) is 2. The molecule has 7 nitrogen and oxygen atoms in total. The first-order valence-electron chi connectivity index (χ1n) is 7.06. The normalized spacial score (nSPS) is 11.3. The third kappa shape index (κ3) is 5.38. The first-order chi connectivity index (χ1) is 11.8. The van der Waals surface area contributed by atoms with Crippen LogP contribution in [0.3, 0.4) is 0 Å². The molecule has 2 aromatic rings. The molecule has 10 heteroatoms. The van der Waals surface area contributed by atoms with Crippen molar-refractivity contribution in [1.82, 2.24) is 9.71 Å². The summed E-state index contributed by atoms with van der Waals surface area (Å²) in [5.74, 6) is -1.88. The zero-order chi connectivity index (χ0) is 18.4. The van der Waals surface area contributed by atoms with Crippen LogP contribution < -0.4 is 4.72 Å². The van der Waals surface area contributed by atoms with Crippen molar-refractivity contribution in [2.75, 3.05) is 13.2 Å². The predicted octanol–water partition coefficient (Wildman–Crippen LogP) is 1.90. The summed E-state index contributed by atoms with van der Waals surface area (Å²) in [5, 5.41) is -0.329. The quantitative estimate of drug-likeness (QED) is 0.530. The molecule has 1 aromatic heterocycles. The van der Waals surface area contributed by atoms with Crippen LogP contribution in [0.1, 0.15) is 16.9 Å². The number of carbonyl (C=O) groups excluding carboxylic acids is 2. The molecule has 0 saturated carbocycles. The maximum atomic E-state index is 13.1. The van der Waals surface area contributed by atoms with Gasteiger partial charge < -0.3 is 9.72 Å². The molecule has 134 valence electrons. The van der Waals surface area contributed by atoms with Gasteiger partial charge in [0.05, 0.1) is 22.0 Å². The molecule has 0 radical (unpaired) electrons. The standard InChI is InChI=1S/C15H14ClFN2O5S/c16-11-8-10(3-4-12(11)17)25(22,23)19-7-5-15(21)24-9-14(20)13-2-1-6-18-13/h1-4,6,8,18-19H,5,7,9H2. The van der Waals surface area contributed by atoms with Crippen molar-refractivity contribution in [2.45, 2.75) is 11.3 Å². The predicted molar refractivity (Wildman–Crippen MR) is 87.3 cm³/mol. The summed E-state index contributed by atoms with van der Waals surface area (Å²) in [7, 11) is -3.94. The molecule has 0 bridgehead atoms. The number of ketones is 1. The third-order valence-corrected chi connectivity index (χ3v) is 4.83. The van der Waals surface area contributed by atoms with Crippen LogP contribution >= 0.6 is 11.6 Å². The second-order valence-electron chi connectivity index (χ2n) is 4.89. The Morgan fingerprint density at radius 3 is 2.68 bits per heavy atom. The van der Waals surface area contributed by atoms with Crippen LogP contribution in [0, 0.1) is 5.82 Å². The molecule has 0 aliphatic carbocycles. The Hall–Kier alpha value is -2.23. The van der Waals surface area contributed by atoms with Gasteiger partial charge in [0.25, 0.3) is 0 Å². The second-order valence-corrected chi connectivity index (χ2v) is 7.07. The van der Waals surface area contributed by atoms with E-state index in [9.17, 15) is 22.4 Å². The highest BCUT2D eigenvalue weighted by Gasteiger charge is 2.17. The van der Waals surface area contributed by atoms with Crippen LogP contribution in [0.15, 0.2) is 41.4 Å². The highest BCUT2D eigenvalue weighted by atomic mass is 35.5. The molecule has 0 aliphatic rings. The number of aromatic amines is 1. The van der Waals surface area contributed by atoms with Crippen molar-refractivity contribution >= 4 is 33.4 Å². The number of esters is 1. The molecule has 0 unspecified atom stereocenters. The zero-order valence-electron chi connectivity index (χ0n) is 12.8. The molecule has 0 spiro atoms. The lowest BCUT2D eigenvalue weighted by molar-refractivity contribution is -0.142. The third-order valence-electron chi connectivity index (χ3n) is 3.09. The van der Waals surface area contributed by atoms with E-state index in [4.69, 9.17) is 16.3 Å². The number of hydrogen-bond donors (Lipinski definition) is 2. The fourth-order valence-corrected chi connectivity index (χ4v) is 3.12. The Kier molecular flexibility index (Phi) is 6.29. The van der Waals surface area contributed by atoms with Gasteiger partial charge in [0.2, 0.25) is 15.8 Å². The van der Waals surface area contributed by atoms with E-state index in [1.54, 1.807) is 12.3 Å². The van der Waals surface area contributed by atoms with E-state index >= 15 is 0 Å². The van der Waals surface area contributed by atoms with Crippen molar-refractivity contribution in [2.24, 2.45) is 0 Å². The van der Waals surface area contributed by atoms with Gasteiger partial charge in [-0.15, -0.1) is 0 Å².